The average molecular weight is 139 g/mol. The van der Waals surface area contributed by atoms with Crippen LogP contribution in [0.15, 0.2) is 11.6 Å². The highest BCUT2D eigenvalue weighted by Crippen LogP contribution is 2.03. The highest BCUT2D eigenvalue weighted by molar-refractivity contribution is 5.87. The summed E-state index contributed by atoms with van der Waals surface area (Å²) in [5.74, 6) is -0.997. The lowest BCUT2D eigenvalue weighted by Gasteiger charge is -1.93. The maximum absolute atomic E-state index is 10.3. The number of carboxylic acids is 1. The first kappa shape index (κ1) is 8.70. The topological polar surface area (TPSA) is 61.1 Å². The predicted molar refractivity (Wildman–Crippen MR) is 36.2 cm³/mol. The maximum Gasteiger partial charge on any atom is 0.332 e. The van der Waals surface area contributed by atoms with Crippen LogP contribution >= 0.6 is 0 Å². The van der Waals surface area contributed by atoms with Crippen molar-refractivity contribution < 1.29 is 9.90 Å². The molecule has 54 valence electrons. The summed E-state index contributed by atoms with van der Waals surface area (Å²) in [5.41, 5.74) is 0.185. The third kappa shape index (κ3) is 2.88. The molecule has 3 nitrogen and oxygen atoms in total. The Morgan fingerprint density at radius 1 is 1.80 bits per heavy atom. The van der Waals surface area contributed by atoms with Crippen molar-refractivity contribution in [1.29, 1.82) is 5.26 Å². The Hall–Kier alpha value is -1.30. The van der Waals surface area contributed by atoms with E-state index in [1.807, 2.05) is 6.92 Å². The summed E-state index contributed by atoms with van der Waals surface area (Å²) in [6, 6.07) is 1.69. The Morgan fingerprint density at radius 3 is 2.70 bits per heavy atom. The van der Waals surface area contributed by atoms with Gasteiger partial charge in [-0.25, -0.2) is 4.79 Å². The Kier molecular flexibility index (Phi) is 3.97. The van der Waals surface area contributed by atoms with Gasteiger partial charge in [0.05, 0.1) is 6.07 Å². The summed E-state index contributed by atoms with van der Waals surface area (Å²) >= 11 is 0. The fourth-order valence-corrected chi connectivity index (χ4v) is 0.588. The maximum atomic E-state index is 10.3. The molecule has 0 spiro atoms. The number of carboxylic acid groups (broad SMARTS) is 1. The molecule has 0 aromatic heterocycles. The highest BCUT2D eigenvalue weighted by atomic mass is 16.4. The van der Waals surface area contributed by atoms with Crippen LogP contribution < -0.4 is 0 Å². The molecule has 0 radical (unpaired) electrons. The van der Waals surface area contributed by atoms with Crippen molar-refractivity contribution in [3.63, 3.8) is 0 Å². The normalized spacial score (nSPS) is 10.6. The molecule has 0 aromatic rings. The molecular formula is C7H9NO2. The van der Waals surface area contributed by atoms with Gasteiger partial charge in [0.15, 0.2) is 0 Å². The van der Waals surface area contributed by atoms with E-state index in [1.165, 1.54) is 0 Å². The minimum absolute atomic E-state index is 0.185. The minimum atomic E-state index is -0.997. The van der Waals surface area contributed by atoms with E-state index in [0.29, 0.717) is 6.42 Å². The standard InChI is InChI=1S/C7H9NO2/c1-2-3-6(4-5-8)7(9)10/h4H,2-3H2,1H3,(H,9,10). The van der Waals surface area contributed by atoms with Gasteiger partial charge in [0, 0.05) is 11.6 Å². The lowest BCUT2D eigenvalue weighted by Crippen LogP contribution is -1.99. The van der Waals surface area contributed by atoms with Gasteiger partial charge in [0.2, 0.25) is 0 Å². The molecule has 0 unspecified atom stereocenters. The molecule has 0 saturated carbocycles. The van der Waals surface area contributed by atoms with E-state index in [2.05, 4.69) is 0 Å². The second-order valence-electron chi connectivity index (χ2n) is 1.85. The molecule has 0 heterocycles. The van der Waals surface area contributed by atoms with Gasteiger partial charge in [0.1, 0.15) is 0 Å². The van der Waals surface area contributed by atoms with E-state index < -0.39 is 5.97 Å². The van der Waals surface area contributed by atoms with Gasteiger partial charge in [-0.2, -0.15) is 5.26 Å². The summed E-state index contributed by atoms with van der Waals surface area (Å²) < 4.78 is 0. The molecule has 0 aliphatic carbocycles. The molecule has 0 amide bonds. The van der Waals surface area contributed by atoms with E-state index in [-0.39, 0.29) is 5.57 Å². The Balaban J connectivity index is 4.15. The fourth-order valence-electron chi connectivity index (χ4n) is 0.588. The SMILES string of the molecule is CCCC(=CC#N)C(=O)O. The number of hydrogen-bond donors (Lipinski definition) is 1. The third-order valence-electron chi connectivity index (χ3n) is 1.03. The highest BCUT2D eigenvalue weighted by Gasteiger charge is 2.03. The molecule has 1 N–H and O–H groups in total. The first-order chi connectivity index (χ1) is 4.72. The van der Waals surface area contributed by atoms with Gasteiger partial charge < -0.3 is 5.11 Å². The average Bonchev–Trinajstić information content (AvgIpc) is 1.87. The summed E-state index contributed by atoms with van der Waals surface area (Å²) in [5, 5.41) is 16.5. The van der Waals surface area contributed by atoms with Crippen molar-refractivity contribution in [3.8, 4) is 6.07 Å². The number of hydrogen-bond acceptors (Lipinski definition) is 2. The molecule has 0 atom stereocenters. The number of nitriles is 1. The summed E-state index contributed by atoms with van der Waals surface area (Å²) in [7, 11) is 0. The van der Waals surface area contributed by atoms with E-state index in [4.69, 9.17) is 10.4 Å². The quantitative estimate of drug-likeness (QED) is 0.473. The molecule has 0 aliphatic heterocycles. The first-order valence-electron chi connectivity index (χ1n) is 3.04. The Bertz CT molecular complexity index is 188. The minimum Gasteiger partial charge on any atom is -0.478 e. The Morgan fingerprint density at radius 2 is 2.40 bits per heavy atom. The number of carbonyl (C=O) groups is 1. The number of allylic oxidation sites excluding steroid dienone is 1. The lowest BCUT2D eigenvalue weighted by molar-refractivity contribution is -0.132. The van der Waals surface area contributed by atoms with Crippen LogP contribution in [0.1, 0.15) is 19.8 Å². The summed E-state index contributed by atoms with van der Waals surface area (Å²) in [4.78, 5) is 10.3. The largest absolute Gasteiger partial charge is 0.478 e. The van der Waals surface area contributed by atoms with Crippen LogP contribution in [-0.4, -0.2) is 11.1 Å². The molecule has 0 rings (SSSR count). The number of rotatable bonds is 3. The van der Waals surface area contributed by atoms with Gasteiger partial charge in [0.25, 0.3) is 0 Å². The number of aliphatic carboxylic acids is 1. The smallest absolute Gasteiger partial charge is 0.332 e. The molecule has 0 aromatic carbocycles. The van der Waals surface area contributed by atoms with Gasteiger partial charge >= 0.3 is 5.97 Å². The summed E-state index contributed by atoms with van der Waals surface area (Å²) in [6.07, 6.45) is 2.29. The number of nitrogens with zero attached hydrogens (tertiary/aromatic N) is 1. The van der Waals surface area contributed by atoms with Gasteiger partial charge in [-0.1, -0.05) is 13.3 Å². The zero-order valence-electron chi connectivity index (χ0n) is 5.79. The Labute approximate surface area is 59.6 Å². The molecular weight excluding hydrogens is 130 g/mol. The van der Waals surface area contributed by atoms with Crippen LogP contribution in [-0.2, 0) is 4.79 Å². The van der Waals surface area contributed by atoms with Gasteiger partial charge in [-0.3, -0.25) is 0 Å². The van der Waals surface area contributed by atoms with E-state index >= 15 is 0 Å². The second kappa shape index (κ2) is 4.57. The molecule has 0 saturated heterocycles. The van der Waals surface area contributed by atoms with Crippen LogP contribution in [0.5, 0.6) is 0 Å². The first-order valence-corrected chi connectivity index (χ1v) is 3.04. The van der Waals surface area contributed by atoms with Gasteiger partial charge in [-0.05, 0) is 6.42 Å². The second-order valence-corrected chi connectivity index (χ2v) is 1.85. The van der Waals surface area contributed by atoms with Crippen molar-refractivity contribution in [1.82, 2.24) is 0 Å². The third-order valence-corrected chi connectivity index (χ3v) is 1.03. The van der Waals surface area contributed by atoms with Gasteiger partial charge in [-0.15, -0.1) is 0 Å². The van der Waals surface area contributed by atoms with Crippen LogP contribution in [0.25, 0.3) is 0 Å². The molecule has 0 bridgehead atoms. The van der Waals surface area contributed by atoms with Crippen LogP contribution in [0.2, 0.25) is 0 Å². The molecule has 3 heteroatoms. The van der Waals surface area contributed by atoms with Crippen molar-refractivity contribution in [3.05, 3.63) is 11.6 Å². The van der Waals surface area contributed by atoms with Crippen molar-refractivity contribution in [2.45, 2.75) is 19.8 Å². The van der Waals surface area contributed by atoms with E-state index in [9.17, 15) is 4.79 Å². The van der Waals surface area contributed by atoms with Crippen LogP contribution in [0, 0.1) is 11.3 Å². The monoisotopic (exact) mass is 139 g/mol. The van der Waals surface area contributed by atoms with E-state index in [1.54, 1.807) is 6.07 Å². The summed E-state index contributed by atoms with van der Waals surface area (Å²) in [6.45, 7) is 1.87. The fraction of sp³-hybridized carbons (Fsp3) is 0.429. The van der Waals surface area contributed by atoms with Crippen molar-refractivity contribution in [2.24, 2.45) is 0 Å². The zero-order valence-corrected chi connectivity index (χ0v) is 5.79. The van der Waals surface area contributed by atoms with Crippen LogP contribution in [0.4, 0.5) is 0 Å². The van der Waals surface area contributed by atoms with Crippen molar-refractivity contribution >= 4 is 5.97 Å². The van der Waals surface area contributed by atoms with E-state index in [0.717, 1.165) is 12.5 Å². The van der Waals surface area contributed by atoms with Crippen LogP contribution in [0.3, 0.4) is 0 Å². The molecule has 0 fully saturated rings. The lowest BCUT2D eigenvalue weighted by atomic mass is 10.1. The predicted octanol–water partition coefficient (Wildman–Crippen LogP) is 1.32. The molecule has 0 aliphatic rings. The van der Waals surface area contributed by atoms with Crippen molar-refractivity contribution in [2.75, 3.05) is 0 Å². The molecule has 10 heavy (non-hydrogen) atoms. The zero-order chi connectivity index (χ0) is 7.98.